The normalized spacial score (nSPS) is 11.3. The van der Waals surface area contributed by atoms with Gasteiger partial charge in [0, 0.05) is 42.0 Å². The smallest absolute Gasteiger partial charge is 0.407 e. The van der Waals surface area contributed by atoms with Gasteiger partial charge in [-0.05, 0) is 57.0 Å². The number of hydrogen-bond donors (Lipinski definition) is 3. The van der Waals surface area contributed by atoms with E-state index in [2.05, 4.69) is 26.7 Å². The number of amides is 2. The molecule has 0 saturated carbocycles. The summed E-state index contributed by atoms with van der Waals surface area (Å²) in [4.78, 5) is 31.3. The second kappa shape index (κ2) is 8.77. The first-order chi connectivity index (χ1) is 13.8. The van der Waals surface area contributed by atoms with Crippen LogP contribution in [0.5, 0.6) is 0 Å². The number of fused-ring (bicyclic) bond motifs is 1. The second-order valence-electron chi connectivity index (χ2n) is 7.80. The maximum Gasteiger partial charge on any atom is 0.407 e. The van der Waals surface area contributed by atoms with E-state index in [0.717, 1.165) is 27.8 Å². The molecular formula is C22H26N4O3. The van der Waals surface area contributed by atoms with Crippen molar-refractivity contribution in [2.24, 2.45) is 0 Å². The molecule has 2 heterocycles. The Morgan fingerprint density at radius 2 is 1.97 bits per heavy atom. The van der Waals surface area contributed by atoms with Gasteiger partial charge in [0.25, 0.3) is 0 Å². The summed E-state index contributed by atoms with van der Waals surface area (Å²) in [5.41, 5.74) is 2.99. The molecule has 0 aliphatic heterocycles. The number of nitrogens with zero attached hydrogens (tertiary/aromatic N) is 1. The lowest BCUT2D eigenvalue weighted by atomic mass is 10.1. The average Bonchev–Trinajstić information content (AvgIpc) is 3.12. The molecule has 0 aliphatic carbocycles. The van der Waals surface area contributed by atoms with E-state index >= 15 is 0 Å². The molecule has 2 amide bonds. The summed E-state index contributed by atoms with van der Waals surface area (Å²) in [7, 11) is 0. The second-order valence-corrected chi connectivity index (χ2v) is 7.80. The minimum Gasteiger partial charge on any atom is -0.444 e. The number of aromatic amines is 1. The molecule has 3 rings (SSSR count). The number of aromatic nitrogens is 2. The number of ether oxygens (including phenoxy) is 1. The van der Waals surface area contributed by atoms with Gasteiger partial charge >= 0.3 is 6.09 Å². The van der Waals surface area contributed by atoms with Gasteiger partial charge in [-0.15, -0.1) is 0 Å². The summed E-state index contributed by atoms with van der Waals surface area (Å²) >= 11 is 0. The Labute approximate surface area is 169 Å². The minimum absolute atomic E-state index is 0.104. The number of nitrogens with one attached hydrogen (secondary N) is 3. The van der Waals surface area contributed by atoms with Gasteiger partial charge in [0.2, 0.25) is 5.91 Å². The van der Waals surface area contributed by atoms with Crippen molar-refractivity contribution >= 4 is 28.7 Å². The highest BCUT2D eigenvalue weighted by Gasteiger charge is 2.15. The number of H-pyrrole nitrogens is 1. The van der Waals surface area contributed by atoms with Crippen LogP contribution in [0.4, 0.5) is 10.5 Å². The molecule has 0 saturated heterocycles. The molecule has 29 heavy (non-hydrogen) atoms. The molecule has 0 unspecified atom stereocenters. The lowest BCUT2D eigenvalue weighted by molar-refractivity contribution is -0.116. The van der Waals surface area contributed by atoms with Crippen LogP contribution in [0.3, 0.4) is 0 Å². The van der Waals surface area contributed by atoms with E-state index in [9.17, 15) is 9.59 Å². The molecule has 0 aliphatic rings. The Morgan fingerprint density at radius 3 is 2.76 bits per heavy atom. The first-order valence-corrected chi connectivity index (χ1v) is 9.60. The summed E-state index contributed by atoms with van der Waals surface area (Å²) in [5, 5.41) is 6.59. The zero-order valence-corrected chi connectivity index (χ0v) is 16.9. The first-order valence-electron chi connectivity index (χ1n) is 9.60. The van der Waals surface area contributed by atoms with Crippen molar-refractivity contribution in [1.82, 2.24) is 15.3 Å². The fourth-order valence-corrected chi connectivity index (χ4v) is 2.85. The molecule has 2 aromatic heterocycles. The molecule has 3 N–H and O–H groups in total. The van der Waals surface area contributed by atoms with Crippen LogP contribution in [0.15, 0.2) is 48.8 Å². The Balaban J connectivity index is 1.51. The lowest BCUT2D eigenvalue weighted by Gasteiger charge is -2.19. The molecule has 7 nitrogen and oxygen atoms in total. The number of carbonyl (C=O) groups excluding carboxylic acids is 2. The van der Waals surface area contributed by atoms with Gasteiger partial charge in [-0.2, -0.15) is 0 Å². The van der Waals surface area contributed by atoms with E-state index in [1.165, 1.54) is 0 Å². The van der Waals surface area contributed by atoms with E-state index in [-0.39, 0.29) is 5.91 Å². The highest BCUT2D eigenvalue weighted by Crippen LogP contribution is 2.24. The van der Waals surface area contributed by atoms with Crippen LogP contribution in [-0.2, 0) is 9.53 Å². The van der Waals surface area contributed by atoms with Crippen molar-refractivity contribution < 1.29 is 14.3 Å². The highest BCUT2D eigenvalue weighted by molar-refractivity contribution is 5.91. The zero-order chi connectivity index (χ0) is 20.9. The number of anilines is 1. The predicted molar refractivity (Wildman–Crippen MR) is 114 cm³/mol. The number of hydrogen-bond acceptors (Lipinski definition) is 4. The number of alkyl carbamates (subject to hydrolysis) is 1. The first kappa shape index (κ1) is 20.4. The Hall–Kier alpha value is -3.35. The van der Waals surface area contributed by atoms with Crippen LogP contribution in [0.2, 0.25) is 0 Å². The topological polar surface area (TPSA) is 96.1 Å². The van der Waals surface area contributed by atoms with Crippen LogP contribution in [0.1, 0.15) is 33.6 Å². The monoisotopic (exact) mass is 394 g/mol. The largest absolute Gasteiger partial charge is 0.444 e. The molecule has 152 valence electrons. The highest BCUT2D eigenvalue weighted by atomic mass is 16.6. The van der Waals surface area contributed by atoms with Crippen molar-refractivity contribution in [3.8, 4) is 11.1 Å². The molecular weight excluding hydrogens is 368 g/mol. The third-order valence-corrected chi connectivity index (χ3v) is 4.13. The van der Waals surface area contributed by atoms with Gasteiger partial charge in [-0.25, -0.2) is 9.78 Å². The Bertz CT molecular complexity index is 1000. The summed E-state index contributed by atoms with van der Waals surface area (Å²) in [6, 6.07) is 11.7. The molecule has 0 fully saturated rings. The lowest BCUT2D eigenvalue weighted by Crippen LogP contribution is -2.33. The van der Waals surface area contributed by atoms with Crippen LogP contribution in [0, 0.1) is 0 Å². The molecule has 1 aromatic carbocycles. The van der Waals surface area contributed by atoms with E-state index in [0.29, 0.717) is 19.4 Å². The van der Waals surface area contributed by atoms with Crippen LogP contribution >= 0.6 is 0 Å². The van der Waals surface area contributed by atoms with E-state index in [1.54, 1.807) is 20.8 Å². The third kappa shape index (κ3) is 6.07. The predicted octanol–water partition coefficient (Wildman–Crippen LogP) is 4.47. The number of rotatable bonds is 6. The van der Waals surface area contributed by atoms with Crippen molar-refractivity contribution in [3.05, 3.63) is 48.8 Å². The van der Waals surface area contributed by atoms with Crippen LogP contribution in [0.25, 0.3) is 22.2 Å². The number of pyridine rings is 1. The maximum absolute atomic E-state index is 12.2. The standard InChI is InChI=1S/C22H26N4O3/c1-22(2,3)29-21(28)24-10-5-8-19(27)26-18-7-4-6-15(13-18)17-12-16-9-11-23-20(16)25-14-17/h4,6-7,9,11-14H,5,8,10H2,1-3H3,(H,23,25)(H,24,28)(H,26,27). The maximum atomic E-state index is 12.2. The quantitative estimate of drug-likeness (QED) is 0.537. The van der Waals surface area contributed by atoms with Crippen molar-refractivity contribution in [3.63, 3.8) is 0 Å². The average molecular weight is 394 g/mol. The van der Waals surface area contributed by atoms with Gasteiger partial charge in [0.15, 0.2) is 0 Å². The number of benzene rings is 1. The van der Waals surface area contributed by atoms with Crippen molar-refractivity contribution in [1.29, 1.82) is 0 Å². The third-order valence-electron chi connectivity index (χ3n) is 4.13. The van der Waals surface area contributed by atoms with Gasteiger partial charge in [-0.1, -0.05) is 12.1 Å². The van der Waals surface area contributed by atoms with E-state index in [4.69, 9.17) is 4.74 Å². The molecule has 7 heteroatoms. The van der Waals surface area contributed by atoms with E-state index < -0.39 is 11.7 Å². The van der Waals surface area contributed by atoms with Crippen LogP contribution in [-0.4, -0.2) is 34.1 Å². The van der Waals surface area contributed by atoms with Gasteiger partial charge in [0.1, 0.15) is 11.2 Å². The fraction of sp³-hybridized carbons (Fsp3) is 0.318. The zero-order valence-electron chi connectivity index (χ0n) is 16.9. The van der Waals surface area contributed by atoms with Crippen molar-refractivity contribution in [2.75, 3.05) is 11.9 Å². The Kier molecular flexibility index (Phi) is 6.16. The minimum atomic E-state index is -0.534. The molecule has 0 radical (unpaired) electrons. The van der Waals surface area contributed by atoms with Gasteiger partial charge in [-0.3, -0.25) is 4.79 Å². The summed E-state index contributed by atoms with van der Waals surface area (Å²) in [5.74, 6) is -0.104. The van der Waals surface area contributed by atoms with E-state index in [1.807, 2.05) is 42.7 Å². The van der Waals surface area contributed by atoms with Gasteiger partial charge in [0.05, 0.1) is 0 Å². The van der Waals surface area contributed by atoms with Crippen LogP contribution < -0.4 is 10.6 Å². The summed E-state index contributed by atoms with van der Waals surface area (Å²) < 4.78 is 5.16. The fourth-order valence-electron chi connectivity index (χ4n) is 2.85. The SMILES string of the molecule is CC(C)(C)OC(=O)NCCCC(=O)Nc1cccc(-c2cnc3[nH]ccc3c2)c1. The number of carbonyl (C=O) groups is 2. The molecule has 3 aromatic rings. The molecule has 0 spiro atoms. The molecule has 0 atom stereocenters. The summed E-state index contributed by atoms with van der Waals surface area (Å²) in [6.07, 6.45) is 4.02. The van der Waals surface area contributed by atoms with Gasteiger partial charge < -0.3 is 20.4 Å². The Morgan fingerprint density at radius 1 is 1.14 bits per heavy atom. The molecule has 0 bridgehead atoms. The van der Waals surface area contributed by atoms with Crippen molar-refractivity contribution in [2.45, 2.75) is 39.2 Å². The summed E-state index contributed by atoms with van der Waals surface area (Å²) in [6.45, 7) is 5.80.